The van der Waals surface area contributed by atoms with Crippen LogP contribution in [0.3, 0.4) is 0 Å². The van der Waals surface area contributed by atoms with Crippen LogP contribution in [0, 0.1) is 0 Å². The fourth-order valence-electron chi connectivity index (χ4n) is 1.66. The van der Waals surface area contributed by atoms with Gasteiger partial charge in [-0.15, -0.1) is 0 Å². The van der Waals surface area contributed by atoms with Gasteiger partial charge < -0.3 is 16.8 Å². The smallest absolute Gasteiger partial charge is 0.250 e. The maximum Gasteiger partial charge on any atom is 0.250 e. The normalized spacial score (nSPS) is 10.2. The average Bonchev–Trinajstić information content (AvgIpc) is 2.32. The quantitative estimate of drug-likeness (QED) is 0.759. The summed E-state index contributed by atoms with van der Waals surface area (Å²) in [6, 6.07) is 10.0. The fraction of sp³-hybridized carbons (Fsp3) is 0. The van der Waals surface area contributed by atoms with Gasteiger partial charge >= 0.3 is 0 Å². The Labute approximate surface area is 120 Å². The number of amides is 1. The highest BCUT2D eigenvalue weighted by molar-refractivity contribution is 6.34. The monoisotopic (exact) mass is 295 g/mol. The number of nitrogens with one attached hydrogen (secondary N) is 1. The Morgan fingerprint density at radius 1 is 1.16 bits per heavy atom. The van der Waals surface area contributed by atoms with Crippen LogP contribution in [0.5, 0.6) is 0 Å². The Hall–Kier alpha value is -1.91. The largest absolute Gasteiger partial charge is 0.399 e. The molecule has 0 saturated carbocycles. The van der Waals surface area contributed by atoms with Gasteiger partial charge in [0.25, 0.3) is 5.91 Å². The molecule has 1 amide bonds. The highest BCUT2D eigenvalue weighted by Crippen LogP contribution is 2.32. The molecule has 0 spiro atoms. The third kappa shape index (κ3) is 3.10. The molecule has 5 N–H and O–H groups in total. The second kappa shape index (κ2) is 5.38. The fourth-order valence-corrected chi connectivity index (χ4v) is 2.12. The molecule has 98 valence electrons. The molecule has 2 aromatic carbocycles. The van der Waals surface area contributed by atoms with Gasteiger partial charge in [0.1, 0.15) is 0 Å². The summed E-state index contributed by atoms with van der Waals surface area (Å²) >= 11 is 12.0. The van der Waals surface area contributed by atoms with Crippen LogP contribution in [0.4, 0.5) is 17.1 Å². The second-order valence-electron chi connectivity index (χ2n) is 3.92. The first-order chi connectivity index (χ1) is 8.97. The number of anilines is 3. The summed E-state index contributed by atoms with van der Waals surface area (Å²) < 4.78 is 0. The van der Waals surface area contributed by atoms with Crippen LogP contribution < -0.4 is 16.8 Å². The van der Waals surface area contributed by atoms with Gasteiger partial charge in [-0.05, 0) is 30.3 Å². The number of benzene rings is 2. The van der Waals surface area contributed by atoms with Crippen LogP contribution in [0.1, 0.15) is 10.4 Å². The van der Waals surface area contributed by atoms with E-state index in [1.165, 1.54) is 6.07 Å². The lowest BCUT2D eigenvalue weighted by Crippen LogP contribution is -2.14. The Balaban J connectivity index is 2.47. The van der Waals surface area contributed by atoms with Crippen molar-refractivity contribution in [1.82, 2.24) is 0 Å². The van der Waals surface area contributed by atoms with Crippen LogP contribution in [0.2, 0.25) is 10.0 Å². The Kier molecular flexibility index (Phi) is 3.83. The van der Waals surface area contributed by atoms with Crippen molar-refractivity contribution in [2.24, 2.45) is 5.73 Å². The summed E-state index contributed by atoms with van der Waals surface area (Å²) in [5, 5.41) is 3.90. The predicted molar refractivity (Wildman–Crippen MR) is 79.1 cm³/mol. The molecular weight excluding hydrogens is 285 g/mol. The Bertz CT molecular complexity index is 644. The van der Waals surface area contributed by atoms with Gasteiger partial charge in [-0.3, -0.25) is 4.79 Å². The first-order valence-corrected chi connectivity index (χ1v) is 6.14. The van der Waals surface area contributed by atoms with E-state index in [4.69, 9.17) is 34.7 Å². The average molecular weight is 296 g/mol. The molecule has 0 atom stereocenters. The molecule has 0 bridgehead atoms. The molecule has 0 aliphatic rings. The summed E-state index contributed by atoms with van der Waals surface area (Å²) in [7, 11) is 0. The molecule has 0 radical (unpaired) electrons. The van der Waals surface area contributed by atoms with Crippen LogP contribution in [0.25, 0.3) is 0 Å². The second-order valence-corrected chi connectivity index (χ2v) is 4.77. The maximum absolute atomic E-state index is 11.4. The summed E-state index contributed by atoms with van der Waals surface area (Å²) in [6.45, 7) is 0. The molecule has 0 aromatic heterocycles. The van der Waals surface area contributed by atoms with Gasteiger partial charge in [0.15, 0.2) is 0 Å². The zero-order valence-electron chi connectivity index (χ0n) is 9.78. The number of primary amides is 1. The SMILES string of the molecule is NC(=O)c1cc(N)cc(Cl)c1Nc1cccc(Cl)c1. The molecular formula is C13H11Cl2N3O. The van der Waals surface area contributed by atoms with Crippen LogP contribution in [-0.4, -0.2) is 5.91 Å². The van der Waals surface area contributed by atoms with E-state index in [2.05, 4.69) is 5.32 Å². The van der Waals surface area contributed by atoms with Crippen LogP contribution in [0.15, 0.2) is 36.4 Å². The standard InChI is InChI=1S/C13H11Cl2N3O/c14-7-2-1-3-9(4-7)18-12-10(13(17)19)5-8(16)6-11(12)15/h1-6,18H,16H2,(H2,17,19). The van der Waals surface area contributed by atoms with Crippen molar-refractivity contribution in [2.45, 2.75) is 0 Å². The number of hydrogen-bond acceptors (Lipinski definition) is 3. The van der Waals surface area contributed by atoms with Gasteiger partial charge in [-0.25, -0.2) is 0 Å². The lowest BCUT2D eigenvalue weighted by Gasteiger charge is -2.13. The minimum Gasteiger partial charge on any atom is -0.399 e. The van der Waals surface area contributed by atoms with E-state index in [1.54, 1.807) is 30.3 Å². The number of nitrogens with two attached hydrogens (primary N) is 2. The number of rotatable bonds is 3. The first-order valence-electron chi connectivity index (χ1n) is 5.39. The molecule has 0 aliphatic heterocycles. The Morgan fingerprint density at radius 3 is 2.53 bits per heavy atom. The highest BCUT2D eigenvalue weighted by atomic mass is 35.5. The summed E-state index contributed by atoms with van der Waals surface area (Å²) in [4.78, 5) is 11.4. The summed E-state index contributed by atoms with van der Waals surface area (Å²) in [5.74, 6) is -0.612. The number of halogens is 2. The summed E-state index contributed by atoms with van der Waals surface area (Å²) in [5.41, 5.74) is 12.7. The van der Waals surface area contributed by atoms with E-state index in [0.29, 0.717) is 27.1 Å². The van der Waals surface area contributed by atoms with Gasteiger partial charge in [-0.2, -0.15) is 0 Å². The highest BCUT2D eigenvalue weighted by Gasteiger charge is 2.13. The minimum absolute atomic E-state index is 0.227. The minimum atomic E-state index is -0.612. The molecule has 6 heteroatoms. The molecule has 0 fully saturated rings. The Morgan fingerprint density at radius 2 is 1.89 bits per heavy atom. The lowest BCUT2D eigenvalue weighted by molar-refractivity contribution is 0.100. The van der Waals surface area contributed by atoms with Crippen LogP contribution in [-0.2, 0) is 0 Å². The number of carbonyl (C=O) groups excluding carboxylic acids is 1. The van der Waals surface area contributed by atoms with Gasteiger partial charge in [0, 0.05) is 16.4 Å². The molecule has 0 aliphatic carbocycles. The zero-order valence-corrected chi connectivity index (χ0v) is 11.3. The molecule has 19 heavy (non-hydrogen) atoms. The number of carbonyl (C=O) groups is 1. The van der Waals surface area contributed by atoms with E-state index >= 15 is 0 Å². The van der Waals surface area contributed by atoms with E-state index in [0.717, 1.165) is 0 Å². The molecule has 2 aromatic rings. The van der Waals surface area contributed by atoms with Crippen molar-refractivity contribution < 1.29 is 4.79 Å². The molecule has 0 heterocycles. The van der Waals surface area contributed by atoms with E-state index in [1.807, 2.05) is 0 Å². The van der Waals surface area contributed by atoms with E-state index < -0.39 is 5.91 Å². The van der Waals surface area contributed by atoms with Crippen molar-refractivity contribution in [3.8, 4) is 0 Å². The molecule has 4 nitrogen and oxygen atoms in total. The van der Waals surface area contributed by atoms with Crippen molar-refractivity contribution in [3.63, 3.8) is 0 Å². The van der Waals surface area contributed by atoms with Gasteiger partial charge in [0.2, 0.25) is 0 Å². The lowest BCUT2D eigenvalue weighted by atomic mass is 10.1. The third-order valence-corrected chi connectivity index (χ3v) is 3.01. The van der Waals surface area contributed by atoms with Crippen LogP contribution >= 0.6 is 23.2 Å². The van der Waals surface area contributed by atoms with Crippen molar-refractivity contribution >= 4 is 46.2 Å². The number of nitrogen functional groups attached to an aromatic ring is 1. The first kappa shape index (κ1) is 13.5. The molecule has 0 unspecified atom stereocenters. The van der Waals surface area contributed by atoms with Crippen molar-refractivity contribution in [3.05, 3.63) is 52.0 Å². The van der Waals surface area contributed by atoms with E-state index in [9.17, 15) is 4.79 Å². The van der Waals surface area contributed by atoms with Gasteiger partial charge in [-0.1, -0.05) is 29.3 Å². The van der Waals surface area contributed by atoms with E-state index in [-0.39, 0.29) is 5.56 Å². The molecule has 0 saturated heterocycles. The molecule has 2 rings (SSSR count). The predicted octanol–water partition coefficient (Wildman–Crippen LogP) is 3.42. The summed E-state index contributed by atoms with van der Waals surface area (Å²) in [6.07, 6.45) is 0. The van der Waals surface area contributed by atoms with Crippen molar-refractivity contribution in [1.29, 1.82) is 0 Å². The van der Waals surface area contributed by atoms with Gasteiger partial charge in [0.05, 0.1) is 16.3 Å². The third-order valence-electron chi connectivity index (χ3n) is 2.47. The maximum atomic E-state index is 11.4. The zero-order chi connectivity index (χ0) is 14.0. The topological polar surface area (TPSA) is 81.1 Å². The van der Waals surface area contributed by atoms with Crippen molar-refractivity contribution in [2.75, 3.05) is 11.1 Å². The number of hydrogen-bond donors (Lipinski definition) is 3.